The van der Waals surface area contributed by atoms with Gasteiger partial charge < -0.3 is 4.74 Å². The van der Waals surface area contributed by atoms with Gasteiger partial charge in [-0.1, -0.05) is 23.5 Å². The highest BCUT2D eigenvalue weighted by molar-refractivity contribution is 7.15. The summed E-state index contributed by atoms with van der Waals surface area (Å²) in [5.74, 6) is -0.382. The lowest BCUT2D eigenvalue weighted by Gasteiger charge is -1.99. The van der Waals surface area contributed by atoms with Gasteiger partial charge in [0, 0.05) is 0 Å². The second-order valence-electron chi connectivity index (χ2n) is 6.18. The second kappa shape index (κ2) is 6.07. The van der Waals surface area contributed by atoms with E-state index in [9.17, 15) is 9.59 Å². The summed E-state index contributed by atoms with van der Waals surface area (Å²) in [5, 5.41) is 0. The van der Waals surface area contributed by atoms with Gasteiger partial charge in [-0.3, -0.25) is 4.79 Å². The molecule has 0 bridgehead atoms. The number of hydrogen-bond donors (Lipinski definition) is 0. The molecular weight excluding hydrogens is 348 g/mol. The van der Waals surface area contributed by atoms with Crippen LogP contribution < -0.4 is 10.1 Å². The van der Waals surface area contributed by atoms with Crippen molar-refractivity contribution in [1.29, 1.82) is 0 Å². The number of carbonyl (C=O) groups excluding carboxylic acids is 1. The highest BCUT2D eigenvalue weighted by Gasteiger charge is 2.12. The van der Waals surface area contributed by atoms with Crippen molar-refractivity contribution >= 4 is 39.4 Å². The molecule has 0 fully saturated rings. The fourth-order valence-electron chi connectivity index (χ4n) is 2.90. The van der Waals surface area contributed by atoms with Crippen molar-refractivity contribution in [2.24, 2.45) is 0 Å². The molecule has 0 aliphatic rings. The molecule has 130 valence electrons. The van der Waals surface area contributed by atoms with Crippen molar-refractivity contribution < 1.29 is 9.53 Å². The summed E-state index contributed by atoms with van der Waals surface area (Å²) in [6.07, 6.45) is 1.82. The molecule has 0 aliphatic heterocycles. The molecule has 26 heavy (non-hydrogen) atoms. The number of aryl methyl sites for hydroxylation is 2. The van der Waals surface area contributed by atoms with Crippen LogP contribution >= 0.6 is 11.3 Å². The summed E-state index contributed by atoms with van der Waals surface area (Å²) in [4.78, 5) is 29.6. The molecule has 0 atom stereocenters. The first-order valence-corrected chi connectivity index (χ1v) is 8.92. The van der Waals surface area contributed by atoms with Crippen LogP contribution in [0.4, 0.5) is 0 Å². The van der Waals surface area contributed by atoms with E-state index in [0.29, 0.717) is 15.1 Å². The van der Waals surface area contributed by atoms with E-state index in [1.165, 1.54) is 18.4 Å². The van der Waals surface area contributed by atoms with Gasteiger partial charge in [0.1, 0.15) is 0 Å². The van der Waals surface area contributed by atoms with Gasteiger partial charge in [-0.2, -0.15) is 0 Å². The lowest BCUT2D eigenvalue weighted by atomic mass is 10.1. The lowest BCUT2D eigenvalue weighted by molar-refractivity contribution is 0.0600. The van der Waals surface area contributed by atoms with E-state index in [1.54, 1.807) is 28.7 Å². The molecule has 4 aromatic rings. The average Bonchev–Trinajstić information content (AvgIpc) is 3.12. The van der Waals surface area contributed by atoms with Crippen LogP contribution in [0.1, 0.15) is 27.0 Å². The number of methoxy groups -OCH3 is 1. The van der Waals surface area contributed by atoms with Gasteiger partial charge in [0.2, 0.25) is 0 Å². The molecule has 6 heteroatoms. The van der Waals surface area contributed by atoms with Crippen LogP contribution in [0.15, 0.2) is 41.2 Å². The van der Waals surface area contributed by atoms with E-state index in [1.807, 2.05) is 32.1 Å². The minimum atomic E-state index is -0.382. The van der Waals surface area contributed by atoms with Gasteiger partial charge in [0.25, 0.3) is 5.56 Å². The normalized spacial score (nSPS) is 12.2. The quantitative estimate of drug-likeness (QED) is 0.513. The second-order valence-corrected chi connectivity index (χ2v) is 7.19. The third kappa shape index (κ3) is 2.59. The number of ether oxygens (including phenoxy) is 1. The number of carbonyl (C=O) groups is 1. The van der Waals surface area contributed by atoms with Crippen LogP contribution in [0, 0.1) is 13.8 Å². The Bertz CT molecular complexity index is 1270. The van der Waals surface area contributed by atoms with Crippen LogP contribution in [0.5, 0.6) is 0 Å². The summed E-state index contributed by atoms with van der Waals surface area (Å²) in [7, 11) is 1.35. The number of thiazole rings is 1. The summed E-state index contributed by atoms with van der Waals surface area (Å²) >= 11 is 1.36. The Labute approximate surface area is 153 Å². The fourth-order valence-corrected chi connectivity index (χ4v) is 3.89. The Balaban J connectivity index is 1.86. The first-order chi connectivity index (χ1) is 12.5. The van der Waals surface area contributed by atoms with Crippen molar-refractivity contribution in [3.8, 4) is 0 Å². The number of hydrogen-bond acceptors (Lipinski definition) is 5. The molecule has 2 aromatic carbocycles. The van der Waals surface area contributed by atoms with E-state index < -0.39 is 0 Å². The van der Waals surface area contributed by atoms with Crippen LogP contribution in [-0.2, 0) is 4.74 Å². The zero-order chi connectivity index (χ0) is 18.4. The van der Waals surface area contributed by atoms with Crippen molar-refractivity contribution in [2.45, 2.75) is 13.8 Å². The van der Waals surface area contributed by atoms with Crippen LogP contribution in [-0.4, -0.2) is 22.5 Å². The van der Waals surface area contributed by atoms with Gasteiger partial charge in [0.05, 0.1) is 28.2 Å². The van der Waals surface area contributed by atoms with E-state index in [2.05, 4.69) is 4.98 Å². The molecule has 2 aromatic heterocycles. The van der Waals surface area contributed by atoms with Gasteiger partial charge >= 0.3 is 5.97 Å². The summed E-state index contributed by atoms with van der Waals surface area (Å²) < 4.78 is 6.97. The Kier molecular flexibility index (Phi) is 3.85. The maximum atomic E-state index is 12.9. The first kappa shape index (κ1) is 16.5. The lowest BCUT2D eigenvalue weighted by Crippen LogP contribution is -2.22. The zero-order valence-corrected chi connectivity index (χ0v) is 15.4. The van der Waals surface area contributed by atoms with Gasteiger partial charge in [-0.15, -0.1) is 0 Å². The van der Waals surface area contributed by atoms with Crippen molar-refractivity contribution in [3.63, 3.8) is 0 Å². The number of nitrogens with zero attached hydrogens (tertiary/aromatic N) is 2. The maximum Gasteiger partial charge on any atom is 0.337 e. The molecule has 0 aliphatic carbocycles. The van der Waals surface area contributed by atoms with Crippen LogP contribution in [0.2, 0.25) is 0 Å². The summed E-state index contributed by atoms with van der Waals surface area (Å²) in [6, 6.07) is 11.0. The number of esters is 1. The van der Waals surface area contributed by atoms with E-state index in [-0.39, 0.29) is 11.5 Å². The third-order valence-electron chi connectivity index (χ3n) is 4.48. The van der Waals surface area contributed by atoms with Gasteiger partial charge in [-0.25, -0.2) is 14.2 Å². The molecule has 0 amide bonds. The molecule has 0 spiro atoms. The monoisotopic (exact) mass is 364 g/mol. The predicted octanol–water partition coefficient (Wildman–Crippen LogP) is 2.86. The maximum absolute atomic E-state index is 12.9. The molecule has 0 radical (unpaired) electrons. The van der Waals surface area contributed by atoms with Crippen LogP contribution in [0.3, 0.4) is 0 Å². The molecule has 0 saturated heterocycles. The van der Waals surface area contributed by atoms with E-state index in [0.717, 1.165) is 27.7 Å². The Hall–Kier alpha value is -2.99. The van der Waals surface area contributed by atoms with Gasteiger partial charge in [-0.05, 0) is 60.9 Å². The number of rotatable bonds is 2. The molecule has 0 unspecified atom stereocenters. The van der Waals surface area contributed by atoms with Gasteiger partial charge in [0.15, 0.2) is 4.96 Å². The predicted molar refractivity (Wildman–Crippen MR) is 103 cm³/mol. The number of imidazole rings is 1. The van der Waals surface area contributed by atoms with Crippen molar-refractivity contribution in [2.75, 3.05) is 7.11 Å². The third-order valence-corrected chi connectivity index (χ3v) is 5.45. The number of fused-ring (bicyclic) bond motifs is 3. The summed E-state index contributed by atoms with van der Waals surface area (Å²) in [6.45, 7) is 4.07. The Morgan fingerprint density at radius 1 is 1.15 bits per heavy atom. The number of aromatic nitrogens is 2. The van der Waals surface area contributed by atoms with Crippen LogP contribution in [0.25, 0.3) is 22.1 Å². The number of benzene rings is 2. The van der Waals surface area contributed by atoms with E-state index in [4.69, 9.17) is 4.74 Å². The Morgan fingerprint density at radius 2 is 1.85 bits per heavy atom. The summed E-state index contributed by atoms with van der Waals surface area (Å²) in [5.41, 5.74) is 5.21. The largest absolute Gasteiger partial charge is 0.465 e. The molecule has 5 nitrogen and oxygen atoms in total. The average molecular weight is 364 g/mol. The Morgan fingerprint density at radius 3 is 2.54 bits per heavy atom. The van der Waals surface area contributed by atoms with Crippen molar-refractivity contribution in [3.05, 3.63) is 73.5 Å². The molecule has 4 rings (SSSR count). The molecule has 2 heterocycles. The molecule has 0 saturated carbocycles. The molecular formula is C20H16N2O3S. The van der Waals surface area contributed by atoms with E-state index >= 15 is 0 Å². The smallest absolute Gasteiger partial charge is 0.337 e. The molecule has 0 N–H and O–H groups in total. The first-order valence-electron chi connectivity index (χ1n) is 8.10. The highest BCUT2D eigenvalue weighted by Crippen LogP contribution is 2.20. The highest BCUT2D eigenvalue weighted by atomic mass is 32.1. The minimum absolute atomic E-state index is 0.0761. The minimum Gasteiger partial charge on any atom is -0.465 e. The topological polar surface area (TPSA) is 60.7 Å². The standard InChI is InChI=1S/C20H16N2O3S/c1-11-8-15-16(9-12(11)2)22-18(23)17(26-20(22)21-15)10-13-4-6-14(7-5-13)19(24)25-3/h4-10H,1-3H3/b17-10+. The fraction of sp³-hybridized carbons (Fsp3) is 0.150. The van der Waals surface area contributed by atoms with Crippen molar-refractivity contribution in [1.82, 2.24) is 9.38 Å². The zero-order valence-electron chi connectivity index (χ0n) is 14.6. The SMILES string of the molecule is COC(=O)c1ccc(/C=c2/sc3nc4cc(C)c(C)cc4n3c2=O)cc1.